The zero-order valence-corrected chi connectivity index (χ0v) is 7.47. The van der Waals surface area contributed by atoms with Crippen molar-refractivity contribution in [1.82, 2.24) is 0 Å². The van der Waals surface area contributed by atoms with Gasteiger partial charge in [0.25, 0.3) is 0 Å². The fourth-order valence-corrected chi connectivity index (χ4v) is 1.46. The Bertz CT molecular complexity index is 547. The van der Waals surface area contributed by atoms with Gasteiger partial charge in [-0.1, -0.05) is 12.1 Å². The molecule has 0 aliphatic rings. The molecular formula is C10H8O5. The molecule has 5 N–H and O–H groups in total. The Balaban J connectivity index is 3.08. The van der Waals surface area contributed by atoms with E-state index in [-0.39, 0.29) is 16.5 Å². The fourth-order valence-electron chi connectivity index (χ4n) is 1.46. The summed E-state index contributed by atoms with van der Waals surface area (Å²) in [7, 11) is 0. The standard InChI is InChI=1S/C10H8O5/c11-5-3-1-2-4-6(5)8(13)10(15)9(14)7(4)12/h1-3,11-15H. The van der Waals surface area contributed by atoms with Crippen molar-refractivity contribution in [3.63, 3.8) is 0 Å². The van der Waals surface area contributed by atoms with Gasteiger partial charge in [-0.05, 0) is 6.07 Å². The van der Waals surface area contributed by atoms with Crippen molar-refractivity contribution >= 4 is 10.8 Å². The zero-order chi connectivity index (χ0) is 11.2. The number of hydrogen-bond donors (Lipinski definition) is 5. The molecule has 0 aromatic heterocycles. The SMILES string of the molecule is Oc1c(O)c(O)c2c(O)cccc2c1O. The molecule has 0 spiro atoms. The second kappa shape index (κ2) is 2.84. The molecule has 0 aliphatic heterocycles. The third-order valence-electron chi connectivity index (χ3n) is 2.21. The summed E-state index contributed by atoms with van der Waals surface area (Å²) in [6, 6.07) is 4.12. The molecule has 0 saturated heterocycles. The molecule has 0 heterocycles. The number of phenols is 5. The van der Waals surface area contributed by atoms with Gasteiger partial charge in [-0.3, -0.25) is 0 Å². The van der Waals surface area contributed by atoms with Crippen LogP contribution in [-0.2, 0) is 0 Å². The summed E-state index contributed by atoms with van der Waals surface area (Å²) in [5.74, 6) is -3.22. The molecule has 5 nitrogen and oxygen atoms in total. The van der Waals surface area contributed by atoms with Crippen molar-refractivity contribution in [2.45, 2.75) is 0 Å². The minimum atomic E-state index is -0.860. The van der Waals surface area contributed by atoms with Gasteiger partial charge in [0, 0.05) is 5.39 Å². The predicted molar refractivity (Wildman–Crippen MR) is 52.3 cm³/mol. The van der Waals surface area contributed by atoms with E-state index >= 15 is 0 Å². The maximum absolute atomic E-state index is 9.46. The normalized spacial score (nSPS) is 10.7. The van der Waals surface area contributed by atoms with Crippen LogP contribution in [0.3, 0.4) is 0 Å². The molecule has 2 rings (SSSR count). The summed E-state index contributed by atoms with van der Waals surface area (Å²) < 4.78 is 0. The number of hydrogen-bond acceptors (Lipinski definition) is 5. The molecule has 15 heavy (non-hydrogen) atoms. The Labute approximate surface area is 84.1 Å². The van der Waals surface area contributed by atoms with Crippen molar-refractivity contribution in [2.24, 2.45) is 0 Å². The summed E-state index contributed by atoms with van der Waals surface area (Å²) >= 11 is 0. The fraction of sp³-hybridized carbons (Fsp3) is 0. The van der Waals surface area contributed by atoms with Crippen molar-refractivity contribution in [1.29, 1.82) is 0 Å². The molecular weight excluding hydrogens is 200 g/mol. The second-order valence-electron chi connectivity index (χ2n) is 3.09. The van der Waals surface area contributed by atoms with E-state index in [4.69, 9.17) is 0 Å². The second-order valence-corrected chi connectivity index (χ2v) is 3.09. The lowest BCUT2D eigenvalue weighted by molar-refractivity contribution is 0.350. The van der Waals surface area contributed by atoms with E-state index in [9.17, 15) is 25.5 Å². The van der Waals surface area contributed by atoms with Crippen LogP contribution < -0.4 is 0 Å². The quantitative estimate of drug-likeness (QED) is 0.332. The average molecular weight is 208 g/mol. The zero-order valence-electron chi connectivity index (χ0n) is 7.47. The summed E-state index contributed by atoms with van der Waals surface area (Å²) in [6.45, 7) is 0. The molecule has 0 unspecified atom stereocenters. The Morgan fingerprint density at radius 2 is 1.27 bits per heavy atom. The minimum Gasteiger partial charge on any atom is -0.507 e. The molecule has 0 saturated carbocycles. The summed E-state index contributed by atoms with van der Waals surface area (Å²) in [4.78, 5) is 0. The lowest BCUT2D eigenvalue weighted by Crippen LogP contribution is -1.80. The van der Waals surface area contributed by atoms with Gasteiger partial charge in [0.2, 0.25) is 11.5 Å². The van der Waals surface area contributed by atoms with E-state index in [1.807, 2.05) is 0 Å². The first-order valence-electron chi connectivity index (χ1n) is 4.11. The van der Waals surface area contributed by atoms with Crippen LogP contribution in [0.15, 0.2) is 18.2 Å². The topological polar surface area (TPSA) is 101 Å². The summed E-state index contributed by atoms with van der Waals surface area (Å²) in [5.41, 5.74) is 0. The Hall–Kier alpha value is -2.30. The highest BCUT2D eigenvalue weighted by molar-refractivity contribution is 6.01. The maximum Gasteiger partial charge on any atom is 0.205 e. The van der Waals surface area contributed by atoms with Crippen molar-refractivity contribution in [3.8, 4) is 28.7 Å². The van der Waals surface area contributed by atoms with Gasteiger partial charge in [0.1, 0.15) is 5.75 Å². The number of aromatic hydroxyl groups is 5. The molecule has 0 atom stereocenters. The van der Waals surface area contributed by atoms with E-state index in [1.54, 1.807) is 0 Å². The van der Waals surface area contributed by atoms with E-state index < -0.39 is 23.0 Å². The lowest BCUT2D eigenvalue weighted by atomic mass is 10.1. The number of phenolic OH excluding ortho intramolecular Hbond substituents is 5. The third kappa shape index (κ3) is 1.10. The van der Waals surface area contributed by atoms with Crippen LogP contribution in [0.1, 0.15) is 0 Å². The molecule has 78 valence electrons. The van der Waals surface area contributed by atoms with E-state index in [2.05, 4.69) is 0 Å². The molecule has 2 aromatic carbocycles. The molecule has 5 heteroatoms. The van der Waals surface area contributed by atoms with Gasteiger partial charge in [-0.25, -0.2) is 0 Å². The third-order valence-corrected chi connectivity index (χ3v) is 2.21. The minimum absolute atomic E-state index is 0.0581. The van der Waals surface area contributed by atoms with Crippen molar-refractivity contribution < 1.29 is 25.5 Å². The number of rotatable bonds is 0. The van der Waals surface area contributed by atoms with Crippen LogP contribution in [0.4, 0.5) is 0 Å². The lowest BCUT2D eigenvalue weighted by Gasteiger charge is -2.09. The molecule has 0 fully saturated rings. The van der Waals surface area contributed by atoms with E-state index in [0.717, 1.165) is 0 Å². The number of fused-ring (bicyclic) bond motifs is 1. The highest BCUT2D eigenvalue weighted by Gasteiger charge is 2.19. The van der Waals surface area contributed by atoms with Crippen molar-refractivity contribution in [3.05, 3.63) is 18.2 Å². The van der Waals surface area contributed by atoms with Crippen LogP contribution in [0.25, 0.3) is 10.8 Å². The largest absolute Gasteiger partial charge is 0.507 e. The molecule has 2 aromatic rings. The van der Waals surface area contributed by atoms with Crippen LogP contribution in [-0.4, -0.2) is 25.5 Å². The highest BCUT2D eigenvalue weighted by atomic mass is 16.3. The van der Waals surface area contributed by atoms with Crippen LogP contribution in [0.5, 0.6) is 28.7 Å². The van der Waals surface area contributed by atoms with Gasteiger partial charge in [0.05, 0.1) is 5.39 Å². The van der Waals surface area contributed by atoms with Crippen LogP contribution in [0.2, 0.25) is 0 Å². The molecule has 0 bridgehead atoms. The van der Waals surface area contributed by atoms with Crippen molar-refractivity contribution in [2.75, 3.05) is 0 Å². The molecule has 0 amide bonds. The van der Waals surface area contributed by atoms with E-state index in [0.29, 0.717) is 0 Å². The highest BCUT2D eigenvalue weighted by Crippen LogP contribution is 2.50. The first-order valence-corrected chi connectivity index (χ1v) is 4.11. The van der Waals surface area contributed by atoms with Gasteiger partial charge in [-0.15, -0.1) is 0 Å². The smallest absolute Gasteiger partial charge is 0.205 e. The molecule has 0 aliphatic carbocycles. The summed E-state index contributed by atoms with van der Waals surface area (Å²) in [5, 5.41) is 46.8. The van der Waals surface area contributed by atoms with E-state index in [1.165, 1.54) is 18.2 Å². The predicted octanol–water partition coefficient (Wildman–Crippen LogP) is 1.37. The van der Waals surface area contributed by atoms with Gasteiger partial charge >= 0.3 is 0 Å². The Morgan fingerprint density at radius 1 is 0.667 bits per heavy atom. The van der Waals surface area contributed by atoms with Crippen LogP contribution >= 0.6 is 0 Å². The van der Waals surface area contributed by atoms with Crippen LogP contribution in [0, 0.1) is 0 Å². The Morgan fingerprint density at radius 3 is 1.93 bits per heavy atom. The van der Waals surface area contributed by atoms with Gasteiger partial charge in [-0.2, -0.15) is 0 Å². The maximum atomic E-state index is 9.46. The Kier molecular flexibility index (Phi) is 1.76. The monoisotopic (exact) mass is 208 g/mol. The van der Waals surface area contributed by atoms with Gasteiger partial charge < -0.3 is 25.5 Å². The van der Waals surface area contributed by atoms with Gasteiger partial charge in [0.15, 0.2) is 11.5 Å². The summed E-state index contributed by atoms with van der Waals surface area (Å²) in [6.07, 6.45) is 0. The first kappa shape index (κ1) is 9.26. The first-order chi connectivity index (χ1) is 7.04. The molecule has 0 radical (unpaired) electrons. The number of benzene rings is 2. The average Bonchev–Trinajstić information content (AvgIpc) is 2.23.